The molecule has 23 heavy (non-hydrogen) atoms. The maximum absolute atomic E-state index is 12.5. The monoisotopic (exact) mass is 348 g/mol. The zero-order chi connectivity index (χ0) is 17.0. The maximum atomic E-state index is 12.5. The molecule has 6 heteroatoms. The molecule has 0 radical (unpaired) electrons. The van der Waals surface area contributed by atoms with Crippen molar-refractivity contribution in [3.8, 4) is 0 Å². The van der Waals surface area contributed by atoms with Gasteiger partial charge in [0, 0.05) is 22.4 Å². The lowest BCUT2D eigenvalue weighted by molar-refractivity contribution is 0.0963. The van der Waals surface area contributed by atoms with Crippen LogP contribution in [0.4, 0.5) is 5.00 Å². The fourth-order valence-corrected chi connectivity index (χ4v) is 3.95. The molecule has 2 aromatic rings. The van der Waals surface area contributed by atoms with Crippen molar-refractivity contribution in [1.29, 1.82) is 0 Å². The summed E-state index contributed by atoms with van der Waals surface area (Å²) in [4.78, 5) is 26.7. The smallest absolute Gasteiger partial charge is 0.256 e. The Labute approximate surface area is 144 Å². The van der Waals surface area contributed by atoms with Crippen LogP contribution in [0.15, 0.2) is 29.2 Å². The molecule has 0 spiro atoms. The molecular formula is C17H20N2O2S2. The Morgan fingerprint density at radius 1 is 1.22 bits per heavy atom. The van der Waals surface area contributed by atoms with Crippen molar-refractivity contribution in [3.63, 3.8) is 0 Å². The zero-order valence-corrected chi connectivity index (χ0v) is 15.3. The highest BCUT2D eigenvalue weighted by Gasteiger charge is 2.20. The first-order chi connectivity index (χ1) is 11.0. The van der Waals surface area contributed by atoms with Crippen LogP contribution in [-0.4, -0.2) is 24.6 Å². The molecule has 1 heterocycles. The number of carbonyl (C=O) groups excluding carboxylic acids is 2. The number of hydrogen-bond acceptors (Lipinski definition) is 4. The summed E-state index contributed by atoms with van der Waals surface area (Å²) in [5.41, 5.74) is 2.04. The Morgan fingerprint density at radius 3 is 2.61 bits per heavy atom. The van der Waals surface area contributed by atoms with Crippen LogP contribution in [0.25, 0.3) is 0 Å². The number of nitrogens with one attached hydrogen (secondary N) is 2. The summed E-state index contributed by atoms with van der Waals surface area (Å²) in [5.74, 6) is 0.572. The summed E-state index contributed by atoms with van der Waals surface area (Å²) in [6.07, 6.45) is 0. The number of carbonyl (C=O) groups is 2. The quantitative estimate of drug-likeness (QED) is 0.800. The summed E-state index contributed by atoms with van der Waals surface area (Å²) in [6.45, 7) is 5.91. The highest BCUT2D eigenvalue weighted by atomic mass is 32.2. The van der Waals surface area contributed by atoms with Crippen LogP contribution in [0.2, 0.25) is 0 Å². The van der Waals surface area contributed by atoms with Gasteiger partial charge in [-0.05, 0) is 43.4 Å². The van der Waals surface area contributed by atoms with Gasteiger partial charge < -0.3 is 10.6 Å². The normalized spacial score (nSPS) is 10.4. The largest absolute Gasteiger partial charge is 0.355 e. The molecule has 0 fully saturated rings. The first-order valence-electron chi connectivity index (χ1n) is 7.34. The molecule has 0 aliphatic carbocycles. The molecule has 2 amide bonds. The molecule has 0 saturated carbocycles. The van der Waals surface area contributed by atoms with Gasteiger partial charge in [-0.15, -0.1) is 23.1 Å². The Hall–Kier alpha value is -1.79. The lowest BCUT2D eigenvalue weighted by Gasteiger charge is -2.07. The standard InChI is InChI=1S/C17H20N2O2S2/c1-5-22-13-8-6-7-12(9-13)15(20)19-17-14(16(21)18-4)10(2)11(3)23-17/h6-9H,5H2,1-4H3,(H,18,21)(H,19,20). The molecule has 0 aliphatic rings. The van der Waals surface area contributed by atoms with Crippen molar-refractivity contribution in [2.45, 2.75) is 25.7 Å². The van der Waals surface area contributed by atoms with Gasteiger partial charge in [0.05, 0.1) is 5.56 Å². The van der Waals surface area contributed by atoms with Crippen LogP contribution in [0.3, 0.4) is 0 Å². The average Bonchev–Trinajstić information content (AvgIpc) is 2.81. The zero-order valence-electron chi connectivity index (χ0n) is 13.6. The van der Waals surface area contributed by atoms with Crippen molar-refractivity contribution >= 4 is 39.9 Å². The molecule has 0 unspecified atom stereocenters. The molecule has 0 saturated heterocycles. The number of aryl methyl sites for hydroxylation is 1. The van der Waals surface area contributed by atoms with E-state index in [1.807, 2.05) is 32.0 Å². The van der Waals surface area contributed by atoms with E-state index in [0.717, 1.165) is 21.1 Å². The molecule has 122 valence electrons. The summed E-state index contributed by atoms with van der Waals surface area (Å²) in [6, 6.07) is 7.51. The summed E-state index contributed by atoms with van der Waals surface area (Å²) in [5, 5.41) is 6.11. The molecule has 4 nitrogen and oxygen atoms in total. The molecule has 1 aromatic carbocycles. The molecular weight excluding hydrogens is 328 g/mol. The van der Waals surface area contributed by atoms with Crippen LogP contribution < -0.4 is 10.6 Å². The Morgan fingerprint density at radius 2 is 1.96 bits per heavy atom. The fourth-order valence-electron chi connectivity index (χ4n) is 2.18. The third-order valence-corrected chi connectivity index (χ3v) is 5.47. The summed E-state index contributed by atoms with van der Waals surface area (Å²) in [7, 11) is 1.59. The second-order valence-corrected chi connectivity index (χ2v) is 7.54. The van der Waals surface area contributed by atoms with E-state index in [9.17, 15) is 9.59 Å². The van der Waals surface area contributed by atoms with E-state index in [1.165, 1.54) is 11.3 Å². The molecule has 2 rings (SSSR count). The van der Waals surface area contributed by atoms with Crippen molar-refractivity contribution < 1.29 is 9.59 Å². The predicted molar refractivity (Wildman–Crippen MR) is 98.0 cm³/mol. The number of thiophene rings is 1. The van der Waals surface area contributed by atoms with E-state index in [4.69, 9.17) is 0 Å². The minimum Gasteiger partial charge on any atom is -0.355 e. The first-order valence-corrected chi connectivity index (χ1v) is 9.14. The minimum atomic E-state index is -0.199. The van der Waals surface area contributed by atoms with Gasteiger partial charge in [-0.1, -0.05) is 13.0 Å². The maximum Gasteiger partial charge on any atom is 0.256 e. The van der Waals surface area contributed by atoms with Gasteiger partial charge in [0.1, 0.15) is 5.00 Å². The molecule has 0 aliphatic heterocycles. The van der Waals surface area contributed by atoms with Gasteiger partial charge in [0.15, 0.2) is 0 Å². The average molecular weight is 348 g/mol. The molecule has 2 N–H and O–H groups in total. The molecule has 0 atom stereocenters. The van der Waals surface area contributed by atoms with Gasteiger partial charge in [-0.3, -0.25) is 9.59 Å². The van der Waals surface area contributed by atoms with Crippen LogP contribution in [0, 0.1) is 13.8 Å². The summed E-state index contributed by atoms with van der Waals surface area (Å²) >= 11 is 3.11. The highest BCUT2D eigenvalue weighted by molar-refractivity contribution is 7.99. The van der Waals surface area contributed by atoms with Gasteiger partial charge in [-0.2, -0.15) is 0 Å². The van der Waals surface area contributed by atoms with E-state index in [0.29, 0.717) is 16.1 Å². The number of benzene rings is 1. The number of anilines is 1. The number of hydrogen-bond donors (Lipinski definition) is 2. The first kappa shape index (κ1) is 17.6. The van der Waals surface area contributed by atoms with E-state index in [-0.39, 0.29) is 11.8 Å². The van der Waals surface area contributed by atoms with Crippen LogP contribution in [0.1, 0.15) is 38.1 Å². The van der Waals surface area contributed by atoms with Crippen molar-refractivity contribution in [3.05, 3.63) is 45.8 Å². The second-order valence-electron chi connectivity index (χ2n) is 4.98. The van der Waals surface area contributed by atoms with E-state index < -0.39 is 0 Å². The Balaban J connectivity index is 2.29. The SMILES string of the molecule is CCSc1cccc(C(=O)Nc2sc(C)c(C)c2C(=O)NC)c1. The summed E-state index contributed by atoms with van der Waals surface area (Å²) < 4.78 is 0. The van der Waals surface area contributed by atoms with Gasteiger partial charge in [0.2, 0.25) is 0 Å². The Kier molecular flexibility index (Phi) is 5.85. The molecule has 0 bridgehead atoms. The fraction of sp³-hybridized carbons (Fsp3) is 0.294. The minimum absolute atomic E-state index is 0.183. The molecule has 1 aromatic heterocycles. The Bertz CT molecular complexity index is 738. The van der Waals surface area contributed by atoms with Crippen molar-refractivity contribution in [2.24, 2.45) is 0 Å². The van der Waals surface area contributed by atoms with Crippen molar-refractivity contribution in [2.75, 3.05) is 18.1 Å². The van der Waals surface area contributed by atoms with Gasteiger partial charge >= 0.3 is 0 Å². The number of rotatable bonds is 5. The third-order valence-electron chi connectivity index (χ3n) is 3.47. The van der Waals surface area contributed by atoms with Crippen LogP contribution in [-0.2, 0) is 0 Å². The number of amides is 2. The highest BCUT2D eigenvalue weighted by Crippen LogP contribution is 2.32. The van der Waals surface area contributed by atoms with E-state index in [1.54, 1.807) is 24.9 Å². The third kappa shape index (κ3) is 3.95. The lowest BCUT2D eigenvalue weighted by Crippen LogP contribution is -2.21. The topological polar surface area (TPSA) is 58.2 Å². The van der Waals surface area contributed by atoms with Gasteiger partial charge in [0.25, 0.3) is 11.8 Å². The predicted octanol–water partition coefficient (Wildman–Crippen LogP) is 4.09. The number of thioether (sulfide) groups is 1. The van der Waals surface area contributed by atoms with E-state index in [2.05, 4.69) is 17.6 Å². The van der Waals surface area contributed by atoms with Gasteiger partial charge in [-0.25, -0.2) is 0 Å². The van der Waals surface area contributed by atoms with E-state index >= 15 is 0 Å². The second kappa shape index (κ2) is 7.66. The van der Waals surface area contributed by atoms with Crippen LogP contribution in [0.5, 0.6) is 0 Å². The lowest BCUT2D eigenvalue weighted by atomic mass is 10.1. The van der Waals surface area contributed by atoms with Crippen LogP contribution >= 0.6 is 23.1 Å². The van der Waals surface area contributed by atoms with Crippen molar-refractivity contribution in [1.82, 2.24) is 5.32 Å².